The zero-order valence-corrected chi connectivity index (χ0v) is 29.4. The van der Waals surface area contributed by atoms with E-state index in [0.717, 1.165) is 12.1 Å². The van der Waals surface area contributed by atoms with Gasteiger partial charge < -0.3 is 53.9 Å². The number of nitrogens with two attached hydrogens (primary N) is 3. The van der Waals surface area contributed by atoms with Crippen LogP contribution in [0.4, 0.5) is 0 Å². The number of hydrogen-bond donors (Lipinski definition) is 11. The summed E-state index contributed by atoms with van der Waals surface area (Å²) in [6.45, 7) is 3.07. The number of amides is 4. The van der Waals surface area contributed by atoms with Gasteiger partial charge in [0.05, 0.1) is 12.4 Å². The van der Waals surface area contributed by atoms with Gasteiger partial charge in [0.25, 0.3) is 0 Å². The lowest BCUT2D eigenvalue weighted by atomic mass is 10.0. The number of rotatable bonds is 26. The quantitative estimate of drug-likeness (QED) is 0.0220. The highest BCUT2D eigenvalue weighted by atomic mass is 32.2. The Bertz CT molecular complexity index is 1150. The first-order valence-electron chi connectivity index (χ1n) is 16.0. The first kappa shape index (κ1) is 42.5. The zero-order valence-electron chi connectivity index (χ0n) is 27.7. The molecular weight excluding hydrogens is 663 g/mol. The fraction of sp³-hybridized carbons (Fsp3) is 0.690. The van der Waals surface area contributed by atoms with E-state index in [1.54, 1.807) is 6.20 Å². The highest BCUT2D eigenvalue weighted by molar-refractivity contribution is 7.98. The van der Waals surface area contributed by atoms with Crippen molar-refractivity contribution < 1.29 is 29.1 Å². The number of carbonyl (C=O) groups is 5. The Hall–Kier alpha value is -3.55. The Kier molecular flexibility index (Phi) is 21.7. The molecule has 5 atom stereocenters. The molecule has 0 aliphatic heterocycles. The maximum absolute atomic E-state index is 13.6. The molecule has 0 aliphatic rings. The molecule has 13 N–H and O–H groups in total. The van der Waals surface area contributed by atoms with Gasteiger partial charge in [0.1, 0.15) is 24.2 Å². The average Bonchev–Trinajstić information content (AvgIpc) is 3.57. The summed E-state index contributed by atoms with van der Waals surface area (Å²) in [5.41, 5.74) is 17.2. The van der Waals surface area contributed by atoms with Crippen molar-refractivity contribution in [2.24, 2.45) is 22.2 Å². The molecule has 19 heteroatoms. The Morgan fingerprint density at radius 3 is 2.02 bits per heavy atom. The Morgan fingerprint density at radius 2 is 1.50 bits per heavy atom. The summed E-state index contributed by atoms with van der Waals surface area (Å²) in [6.07, 6.45) is 7.85. The third-order valence-corrected chi connectivity index (χ3v) is 8.14. The van der Waals surface area contributed by atoms with Crippen LogP contribution in [0.1, 0.15) is 57.6 Å². The second-order valence-corrected chi connectivity index (χ2v) is 12.4. The molecule has 0 radical (unpaired) electrons. The van der Waals surface area contributed by atoms with Crippen molar-refractivity contribution in [3.63, 3.8) is 0 Å². The summed E-state index contributed by atoms with van der Waals surface area (Å²) in [5.74, 6) is -3.32. The standard InChI is InChI=1S/C29H53N11O6S2/c1-3-11-34-22(14-18-15-33-17-36-18)26(43)40-23(16-47)27(44)38-19(7-4-5-10-30)24(41)37-20(8-6-12-35-29(31)32)25(42)39-21(28(45)46)9-13-48-2/h15,17,19-23,34,47H,3-14,16,30H2,1-2H3,(H,33,36)(H,37,41)(H,38,44)(H,39,42)(H,40,43)(H,45,46)(H4,31,32,35)/t19-,20-,21-,22-,23-/m0/s1. The fourth-order valence-electron chi connectivity index (χ4n) is 4.50. The van der Waals surface area contributed by atoms with E-state index < -0.39 is 59.8 Å². The Balaban J connectivity index is 3.12. The predicted octanol–water partition coefficient (Wildman–Crippen LogP) is -1.79. The van der Waals surface area contributed by atoms with Crippen LogP contribution < -0.4 is 43.8 Å². The van der Waals surface area contributed by atoms with Crippen LogP contribution in [0.2, 0.25) is 0 Å². The van der Waals surface area contributed by atoms with E-state index in [2.05, 4.69) is 54.2 Å². The van der Waals surface area contributed by atoms with Gasteiger partial charge in [-0.15, -0.1) is 0 Å². The SMILES string of the molecule is CCCN[C@@H](Cc1cnc[nH]1)C(=O)N[C@@H](CS)C(=O)N[C@@H](CCCCN)C(=O)N[C@@H](CCCN=C(N)N)C(=O)N[C@@H](CCSC)C(=O)O. The number of aromatic amines is 1. The van der Waals surface area contributed by atoms with Gasteiger partial charge in [-0.1, -0.05) is 6.92 Å². The van der Waals surface area contributed by atoms with Gasteiger partial charge in [-0.25, -0.2) is 9.78 Å². The van der Waals surface area contributed by atoms with Crippen LogP contribution in [0, 0.1) is 0 Å². The van der Waals surface area contributed by atoms with Crippen molar-refractivity contribution in [1.29, 1.82) is 0 Å². The molecule has 0 spiro atoms. The number of aliphatic imine (C=N–C) groups is 1. The number of guanidine groups is 1. The number of aromatic nitrogens is 2. The third-order valence-electron chi connectivity index (χ3n) is 7.14. The number of nitrogens with one attached hydrogen (secondary N) is 6. The molecule has 0 aromatic carbocycles. The van der Waals surface area contributed by atoms with Crippen LogP contribution in [0.15, 0.2) is 17.5 Å². The highest BCUT2D eigenvalue weighted by Gasteiger charge is 2.31. The third kappa shape index (κ3) is 17.0. The van der Waals surface area contributed by atoms with Crippen LogP contribution in [0.5, 0.6) is 0 Å². The summed E-state index contributed by atoms with van der Waals surface area (Å²) in [7, 11) is 0. The Labute approximate surface area is 291 Å². The van der Waals surface area contributed by atoms with E-state index in [-0.39, 0.29) is 37.5 Å². The number of nitrogens with zero attached hydrogens (tertiary/aromatic N) is 2. The lowest BCUT2D eigenvalue weighted by Crippen LogP contribution is -2.59. The minimum atomic E-state index is -1.20. The van der Waals surface area contributed by atoms with Crippen molar-refractivity contribution in [2.45, 2.75) is 88.5 Å². The number of aliphatic carboxylic acids is 1. The summed E-state index contributed by atoms with van der Waals surface area (Å²) in [6, 6.07) is -5.14. The normalized spacial score (nSPS) is 14.1. The maximum atomic E-state index is 13.6. The summed E-state index contributed by atoms with van der Waals surface area (Å²) in [5, 5.41) is 23.4. The summed E-state index contributed by atoms with van der Waals surface area (Å²) >= 11 is 5.71. The molecule has 48 heavy (non-hydrogen) atoms. The van der Waals surface area contributed by atoms with Gasteiger partial charge in [-0.2, -0.15) is 24.4 Å². The molecule has 0 aliphatic carbocycles. The number of imidazole rings is 1. The smallest absolute Gasteiger partial charge is 0.326 e. The van der Waals surface area contributed by atoms with E-state index in [1.807, 2.05) is 13.2 Å². The summed E-state index contributed by atoms with van der Waals surface area (Å²) in [4.78, 5) is 76.2. The minimum Gasteiger partial charge on any atom is -0.480 e. The zero-order chi connectivity index (χ0) is 35.9. The molecule has 0 fully saturated rings. The van der Waals surface area contributed by atoms with E-state index in [4.69, 9.17) is 17.2 Å². The number of carboxylic acids is 1. The van der Waals surface area contributed by atoms with Crippen LogP contribution >= 0.6 is 24.4 Å². The minimum absolute atomic E-state index is 0.0539. The molecule has 272 valence electrons. The van der Waals surface area contributed by atoms with Crippen molar-refractivity contribution >= 4 is 59.9 Å². The molecule has 0 saturated carbocycles. The van der Waals surface area contributed by atoms with E-state index in [0.29, 0.717) is 44.5 Å². The lowest BCUT2D eigenvalue weighted by Gasteiger charge is -2.26. The average molecular weight is 716 g/mol. The van der Waals surface area contributed by atoms with Gasteiger partial charge in [-0.05, 0) is 70.0 Å². The number of thiol groups is 1. The molecule has 1 aromatic rings. The van der Waals surface area contributed by atoms with Gasteiger partial charge in [-0.3, -0.25) is 24.2 Å². The van der Waals surface area contributed by atoms with Crippen molar-refractivity contribution in [3.05, 3.63) is 18.2 Å². The number of hydrogen-bond acceptors (Lipinski definition) is 11. The molecule has 1 rings (SSSR count). The predicted molar refractivity (Wildman–Crippen MR) is 189 cm³/mol. The highest BCUT2D eigenvalue weighted by Crippen LogP contribution is 2.08. The maximum Gasteiger partial charge on any atom is 0.326 e. The number of carboxylic acid groups (broad SMARTS) is 1. The molecule has 1 heterocycles. The summed E-state index contributed by atoms with van der Waals surface area (Å²) < 4.78 is 0. The molecular formula is C29H53N11O6S2. The molecule has 0 unspecified atom stereocenters. The molecule has 1 aromatic heterocycles. The Morgan fingerprint density at radius 1 is 0.917 bits per heavy atom. The van der Waals surface area contributed by atoms with Crippen LogP contribution in [0.3, 0.4) is 0 Å². The van der Waals surface area contributed by atoms with E-state index in [1.165, 1.54) is 18.1 Å². The molecule has 4 amide bonds. The molecule has 0 bridgehead atoms. The van der Waals surface area contributed by atoms with Crippen molar-refractivity contribution in [1.82, 2.24) is 36.6 Å². The van der Waals surface area contributed by atoms with Gasteiger partial charge >= 0.3 is 5.97 Å². The topological polar surface area (TPSA) is 285 Å². The fourth-order valence-corrected chi connectivity index (χ4v) is 5.23. The second-order valence-electron chi connectivity index (χ2n) is 11.1. The van der Waals surface area contributed by atoms with Crippen LogP contribution in [-0.2, 0) is 30.4 Å². The molecule has 17 nitrogen and oxygen atoms in total. The monoisotopic (exact) mass is 715 g/mol. The van der Waals surface area contributed by atoms with E-state index in [9.17, 15) is 29.1 Å². The van der Waals surface area contributed by atoms with Crippen LogP contribution in [-0.4, -0.2) is 118 Å². The number of thioether (sulfide) groups is 1. The van der Waals surface area contributed by atoms with E-state index >= 15 is 0 Å². The second kappa shape index (κ2) is 24.6. The first-order chi connectivity index (χ1) is 23.0. The number of unbranched alkanes of at least 4 members (excludes halogenated alkanes) is 1. The van der Waals surface area contributed by atoms with Crippen LogP contribution in [0.25, 0.3) is 0 Å². The lowest BCUT2D eigenvalue weighted by molar-refractivity contribution is -0.142. The number of H-pyrrole nitrogens is 1. The first-order valence-corrected chi connectivity index (χ1v) is 18.0. The molecule has 0 saturated heterocycles. The largest absolute Gasteiger partial charge is 0.480 e. The van der Waals surface area contributed by atoms with Gasteiger partial charge in [0, 0.05) is 30.6 Å². The van der Waals surface area contributed by atoms with Gasteiger partial charge in [0.15, 0.2) is 5.96 Å². The number of carbonyl (C=O) groups excluding carboxylic acids is 4. The van der Waals surface area contributed by atoms with Crippen molar-refractivity contribution in [2.75, 3.05) is 37.4 Å². The van der Waals surface area contributed by atoms with Crippen molar-refractivity contribution in [3.8, 4) is 0 Å². The van der Waals surface area contributed by atoms with Gasteiger partial charge in [0.2, 0.25) is 23.6 Å².